The van der Waals surface area contributed by atoms with E-state index in [2.05, 4.69) is 270 Å². The molecule has 0 aliphatic rings. The van der Waals surface area contributed by atoms with E-state index >= 15 is 0 Å². The van der Waals surface area contributed by atoms with Gasteiger partial charge in [0.15, 0.2) is 0 Å². The highest BCUT2D eigenvalue weighted by atomic mass is 15.2. The van der Waals surface area contributed by atoms with Crippen LogP contribution in [0, 0.1) is 0 Å². The molecule has 0 heterocycles. The quantitative estimate of drug-likeness (QED) is 0.146. The molecule has 0 amide bonds. The van der Waals surface area contributed by atoms with Gasteiger partial charge in [-0.3, -0.25) is 0 Å². The first-order valence-electron chi connectivity index (χ1n) is 22.2. The van der Waals surface area contributed by atoms with E-state index in [1.807, 2.05) is 0 Å². The molecule has 0 spiro atoms. The number of benzene rings is 12. The van der Waals surface area contributed by atoms with Crippen molar-refractivity contribution in [3.05, 3.63) is 255 Å². The molecule has 0 atom stereocenters. The normalized spacial score (nSPS) is 11.4. The molecule has 3 nitrogen and oxygen atoms in total. The smallest absolute Gasteiger partial charge is 0.0540 e. The zero-order valence-corrected chi connectivity index (χ0v) is 35.6. The van der Waals surface area contributed by atoms with Crippen molar-refractivity contribution in [1.29, 1.82) is 0 Å². The van der Waals surface area contributed by atoms with Gasteiger partial charge in [0, 0.05) is 50.5 Å². The van der Waals surface area contributed by atoms with E-state index < -0.39 is 0 Å². The molecule has 306 valence electrons. The highest BCUT2D eigenvalue weighted by Gasteiger charge is 2.20. The Morgan fingerprint density at radius 2 is 0.677 bits per heavy atom. The number of para-hydroxylation sites is 2. The average molecular weight is 830 g/mol. The van der Waals surface area contributed by atoms with Gasteiger partial charge in [0.25, 0.3) is 0 Å². The maximum Gasteiger partial charge on any atom is 0.0540 e. The molecule has 0 saturated heterocycles. The number of nitrogens with zero attached hydrogens (tertiary/aromatic N) is 2. The first-order chi connectivity index (χ1) is 32.2. The molecule has 0 aromatic heterocycles. The molecule has 1 N–H and O–H groups in total. The second kappa shape index (κ2) is 16.2. The van der Waals surface area contributed by atoms with Crippen LogP contribution in [0.4, 0.5) is 45.5 Å². The lowest BCUT2D eigenvalue weighted by molar-refractivity contribution is 1.27. The van der Waals surface area contributed by atoms with Crippen LogP contribution in [0.3, 0.4) is 0 Å². The fourth-order valence-corrected chi connectivity index (χ4v) is 9.62. The molecule has 0 aliphatic heterocycles. The molecule has 12 aromatic carbocycles. The number of hydrogen-bond donors (Lipinski definition) is 1. The highest BCUT2D eigenvalue weighted by molar-refractivity contribution is 6.09. The van der Waals surface area contributed by atoms with E-state index in [-0.39, 0.29) is 0 Å². The summed E-state index contributed by atoms with van der Waals surface area (Å²) in [5.41, 5.74) is 11.0. The third-order valence-corrected chi connectivity index (χ3v) is 12.7. The van der Waals surface area contributed by atoms with Crippen LogP contribution in [-0.4, -0.2) is 0 Å². The standard InChI is InChI=1S/C62H43N3/c1-2-22-51(23-3-1)64(61-29-13-20-44-16-7-9-25-56(44)61)53-35-37-54(38-36-53)65(62-30-14-21-47-41-48-39-45-17-4-5-18-46(45)40-49(48)42-59(47)62)52-33-31-50(32-34-52)63-60-28-11-10-26-58(60)57-27-12-19-43-15-6-8-24-55(43)57/h1-42,63H. The zero-order chi connectivity index (χ0) is 43.1. The maximum atomic E-state index is 3.79. The van der Waals surface area contributed by atoms with Gasteiger partial charge in [-0.05, 0) is 152 Å². The predicted molar refractivity (Wildman–Crippen MR) is 278 cm³/mol. The van der Waals surface area contributed by atoms with Crippen molar-refractivity contribution in [2.45, 2.75) is 0 Å². The maximum absolute atomic E-state index is 3.79. The lowest BCUT2D eigenvalue weighted by atomic mass is 9.97. The largest absolute Gasteiger partial charge is 0.355 e. The fraction of sp³-hybridized carbons (Fsp3) is 0. The Bertz CT molecular complexity index is 3680. The van der Waals surface area contributed by atoms with Crippen molar-refractivity contribution in [2.75, 3.05) is 15.1 Å². The van der Waals surface area contributed by atoms with E-state index in [0.717, 1.165) is 45.5 Å². The number of rotatable bonds is 9. The molecular weight excluding hydrogens is 787 g/mol. The van der Waals surface area contributed by atoms with Crippen LogP contribution in [0.1, 0.15) is 0 Å². The van der Waals surface area contributed by atoms with Crippen molar-refractivity contribution >= 4 is 99.4 Å². The van der Waals surface area contributed by atoms with E-state index in [0.29, 0.717) is 0 Å². The van der Waals surface area contributed by atoms with Crippen molar-refractivity contribution in [1.82, 2.24) is 0 Å². The molecular formula is C62H43N3. The van der Waals surface area contributed by atoms with Gasteiger partial charge in [0.1, 0.15) is 0 Å². The monoisotopic (exact) mass is 829 g/mol. The topological polar surface area (TPSA) is 18.5 Å². The summed E-state index contributed by atoms with van der Waals surface area (Å²) in [6.45, 7) is 0. The Balaban J connectivity index is 0.977. The van der Waals surface area contributed by atoms with Gasteiger partial charge in [-0.1, -0.05) is 152 Å². The van der Waals surface area contributed by atoms with Crippen LogP contribution in [0.2, 0.25) is 0 Å². The molecule has 65 heavy (non-hydrogen) atoms. The van der Waals surface area contributed by atoms with Crippen LogP contribution < -0.4 is 15.1 Å². The lowest BCUT2D eigenvalue weighted by Crippen LogP contribution is -2.12. The number of fused-ring (bicyclic) bond motifs is 5. The van der Waals surface area contributed by atoms with Gasteiger partial charge in [0.2, 0.25) is 0 Å². The number of anilines is 8. The van der Waals surface area contributed by atoms with Crippen LogP contribution in [0.15, 0.2) is 255 Å². The van der Waals surface area contributed by atoms with Gasteiger partial charge < -0.3 is 15.1 Å². The molecule has 0 fully saturated rings. The van der Waals surface area contributed by atoms with Crippen molar-refractivity contribution in [3.63, 3.8) is 0 Å². The van der Waals surface area contributed by atoms with Crippen LogP contribution >= 0.6 is 0 Å². The summed E-state index contributed by atoms with van der Waals surface area (Å²) in [6, 6.07) is 92.1. The van der Waals surface area contributed by atoms with Gasteiger partial charge in [-0.15, -0.1) is 0 Å². The summed E-state index contributed by atoms with van der Waals surface area (Å²) in [4.78, 5) is 4.76. The van der Waals surface area contributed by atoms with E-state index in [4.69, 9.17) is 0 Å². The fourth-order valence-electron chi connectivity index (χ4n) is 9.62. The van der Waals surface area contributed by atoms with E-state index in [1.54, 1.807) is 0 Å². The summed E-state index contributed by atoms with van der Waals surface area (Å²) in [6.07, 6.45) is 0. The minimum atomic E-state index is 1.01. The van der Waals surface area contributed by atoms with Gasteiger partial charge >= 0.3 is 0 Å². The molecule has 0 aliphatic carbocycles. The first-order valence-corrected chi connectivity index (χ1v) is 22.2. The minimum Gasteiger partial charge on any atom is -0.355 e. The Morgan fingerprint density at radius 1 is 0.246 bits per heavy atom. The van der Waals surface area contributed by atoms with E-state index in [9.17, 15) is 0 Å². The molecule has 0 saturated carbocycles. The number of hydrogen-bond acceptors (Lipinski definition) is 3. The average Bonchev–Trinajstić information content (AvgIpc) is 3.37. The summed E-state index contributed by atoms with van der Waals surface area (Å²) >= 11 is 0. The third kappa shape index (κ3) is 7.06. The summed E-state index contributed by atoms with van der Waals surface area (Å²) in [5, 5.41) is 16.0. The van der Waals surface area contributed by atoms with E-state index in [1.165, 1.54) is 65.0 Å². The summed E-state index contributed by atoms with van der Waals surface area (Å²) < 4.78 is 0. The third-order valence-electron chi connectivity index (χ3n) is 12.7. The van der Waals surface area contributed by atoms with Gasteiger partial charge in [-0.25, -0.2) is 0 Å². The molecule has 12 rings (SSSR count). The Hall–Kier alpha value is -8.66. The molecule has 0 radical (unpaired) electrons. The van der Waals surface area contributed by atoms with Crippen molar-refractivity contribution in [2.24, 2.45) is 0 Å². The van der Waals surface area contributed by atoms with Crippen molar-refractivity contribution in [3.8, 4) is 11.1 Å². The molecule has 12 aromatic rings. The second-order valence-corrected chi connectivity index (χ2v) is 16.7. The van der Waals surface area contributed by atoms with Crippen molar-refractivity contribution < 1.29 is 0 Å². The van der Waals surface area contributed by atoms with Gasteiger partial charge in [-0.2, -0.15) is 0 Å². The summed E-state index contributed by atoms with van der Waals surface area (Å²) in [5.74, 6) is 0. The second-order valence-electron chi connectivity index (χ2n) is 16.7. The minimum absolute atomic E-state index is 1.01. The highest BCUT2D eigenvalue weighted by Crippen LogP contribution is 2.44. The molecule has 0 bridgehead atoms. The Kier molecular flexibility index (Phi) is 9.50. The zero-order valence-electron chi connectivity index (χ0n) is 35.6. The van der Waals surface area contributed by atoms with Gasteiger partial charge in [0.05, 0.1) is 11.4 Å². The van der Waals surface area contributed by atoms with Crippen LogP contribution in [0.5, 0.6) is 0 Å². The molecule has 3 heteroatoms. The SMILES string of the molecule is c1ccc(N(c2ccc(N(c3ccc(Nc4ccccc4-c4cccc5ccccc45)cc3)c3cccc4cc5cc6ccccc6cc5cc34)cc2)c2cccc3ccccc23)cc1. The molecule has 0 unspecified atom stereocenters. The predicted octanol–water partition coefficient (Wildman–Crippen LogP) is 17.8. The van der Waals surface area contributed by atoms with Crippen LogP contribution in [0.25, 0.3) is 65.0 Å². The first kappa shape index (κ1) is 38.0. The Labute approximate surface area is 378 Å². The summed E-state index contributed by atoms with van der Waals surface area (Å²) in [7, 11) is 0. The number of nitrogens with one attached hydrogen (secondary N) is 1. The Morgan fingerprint density at radius 3 is 1.35 bits per heavy atom. The van der Waals surface area contributed by atoms with Crippen LogP contribution in [-0.2, 0) is 0 Å². The lowest BCUT2D eigenvalue weighted by Gasteiger charge is -2.29.